The summed E-state index contributed by atoms with van der Waals surface area (Å²) in [6, 6.07) is 7.84. The highest BCUT2D eigenvalue weighted by Crippen LogP contribution is 2.34. The number of anilines is 1. The molecule has 0 amide bonds. The van der Waals surface area contributed by atoms with Crippen molar-refractivity contribution >= 4 is 5.69 Å². The quantitative estimate of drug-likeness (QED) is 0.808. The van der Waals surface area contributed by atoms with Crippen LogP contribution in [-0.2, 0) is 0 Å². The zero-order chi connectivity index (χ0) is 15.5. The van der Waals surface area contributed by atoms with Crippen molar-refractivity contribution in [3.05, 3.63) is 29.8 Å². The first-order valence-electron chi connectivity index (χ1n) is 7.61. The lowest BCUT2D eigenvalue weighted by Crippen LogP contribution is -2.36. The lowest BCUT2D eigenvalue weighted by atomic mass is 10.0. The Morgan fingerprint density at radius 2 is 1.81 bits per heavy atom. The standard InChI is InChI=1S/C16H23F3N2/c1-3-15(20-4-2)12-5-7-13(8-6-12)21(14-9-10-14)11-16(17,18)19/h5-8,14-15,20H,3-4,9-11H2,1-2H3. The molecule has 0 aliphatic heterocycles. The highest BCUT2D eigenvalue weighted by molar-refractivity contribution is 5.50. The van der Waals surface area contributed by atoms with Crippen LogP contribution in [0.2, 0.25) is 0 Å². The average Bonchev–Trinajstić information content (AvgIpc) is 3.26. The molecule has 0 radical (unpaired) electrons. The zero-order valence-corrected chi connectivity index (χ0v) is 12.6. The van der Waals surface area contributed by atoms with Gasteiger partial charge in [-0.25, -0.2) is 0 Å². The van der Waals surface area contributed by atoms with E-state index in [9.17, 15) is 13.2 Å². The summed E-state index contributed by atoms with van der Waals surface area (Å²) in [7, 11) is 0. The monoisotopic (exact) mass is 300 g/mol. The number of benzene rings is 1. The molecule has 1 aromatic rings. The van der Waals surface area contributed by atoms with Crippen molar-refractivity contribution in [3.63, 3.8) is 0 Å². The summed E-state index contributed by atoms with van der Waals surface area (Å²) >= 11 is 0. The molecule has 118 valence electrons. The predicted molar refractivity (Wildman–Crippen MR) is 79.6 cm³/mol. The van der Waals surface area contributed by atoms with Gasteiger partial charge in [-0.3, -0.25) is 0 Å². The highest BCUT2D eigenvalue weighted by atomic mass is 19.4. The van der Waals surface area contributed by atoms with Gasteiger partial charge in [0, 0.05) is 17.8 Å². The van der Waals surface area contributed by atoms with E-state index in [1.165, 1.54) is 4.90 Å². The smallest absolute Gasteiger partial charge is 0.360 e. The van der Waals surface area contributed by atoms with E-state index >= 15 is 0 Å². The van der Waals surface area contributed by atoms with E-state index in [1.807, 2.05) is 24.3 Å². The van der Waals surface area contributed by atoms with Crippen LogP contribution in [0, 0.1) is 0 Å². The minimum absolute atomic E-state index is 0.0493. The third-order valence-corrected chi connectivity index (χ3v) is 3.82. The maximum absolute atomic E-state index is 12.7. The van der Waals surface area contributed by atoms with Crippen molar-refractivity contribution in [2.75, 3.05) is 18.0 Å². The zero-order valence-electron chi connectivity index (χ0n) is 12.6. The molecule has 1 aliphatic carbocycles. The molecule has 1 fully saturated rings. The Morgan fingerprint density at radius 3 is 2.24 bits per heavy atom. The van der Waals surface area contributed by atoms with Crippen molar-refractivity contribution in [1.82, 2.24) is 5.32 Å². The van der Waals surface area contributed by atoms with E-state index in [4.69, 9.17) is 0 Å². The lowest BCUT2D eigenvalue weighted by molar-refractivity contribution is -0.120. The third-order valence-electron chi connectivity index (χ3n) is 3.82. The average molecular weight is 300 g/mol. The number of nitrogens with zero attached hydrogens (tertiary/aromatic N) is 1. The molecule has 1 atom stereocenters. The molecule has 0 saturated heterocycles. The lowest BCUT2D eigenvalue weighted by Gasteiger charge is -2.26. The normalized spacial score (nSPS) is 16.8. The number of alkyl halides is 3. The molecular weight excluding hydrogens is 277 g/mol. The van der Waals surface area contributed by atoms with Crippen molar-refractivity contribution in [3.8, 4) is 0 Å². The Hall–Kier alpha value is -1.23. The first-order valence-corrected chi connectivity index (χ1v) is 7.61. The minimum Gasteiger partial charge on any atom is -0.360 e. The molecule has 0 bridgehead atoms. The number of nitrogens with one attached hydrogen (secondary N) is 1. The van der Waals surface area contributed by atoms with Gasteiger partial charge in [0.1, 0.15) is 6.54 Å². The third kappa shape index (κ3) is 4.63. The fourth-order valence-electron chi connectivity index (χ4n) is 2.65. The van der Waals surface area contributed by atoms with Crippen LogP contribution in [0.15, 0.2) is 24.3 Å². The van der Waals surface area contributed by atoms with E-state index in [1.54, 1.807) is 0 Å². The van der Waals surface area contributed by atoms with Crippen LogP contribution < -0.4 is 10.2 Å². The van der Waals surface area contributed by atoms with Gasteiger partial charge in [0.05, 0.1) is 0 Å². The van der Waals surface area contributed by atoms with Gasteiger partial charge in [-0.2, -0.15) is 13.2 Å². The van der Waals surface area contributed by atoms with Crippen molar-refractivity contribution in [2.45, 2.75) is 51.4 Å². The van der Waals surface area contributed by atoms with Gasteiger partial charge < -0.3 is 10.2 Å². The molecule has 21 heavy (non-hydrogen) atoms. The Bertz CT molecular complexity index is 438. The fraction of sp³-hybridized carbons (Fsp3) is 0.625. The van der Waals surface area contributed by atoms with E-state index in [0.717, 1.165) is 31.4 Å². The molecule has 0 heterocycles. The second kappa shape index (κ2) is 6.69. The van der Waals surface area contributed by atoms with Gasteiger partial charge in [0.25, 0.3) is 0 Å². The van der Waals surface area contributed by atoms with Gasteiger partial charge in [0.15, 0.2) is 0 Å². The first kappa shape index (κ1) is 16.1. The van der Waals surface area contributed by atoms with Crippen LogP contribution in [0.1, 0.15) is 44.7 Å². The number of rotatable bonds is 7. The van der Waals surface area contributed by atoms with E-state index in [2.05, 4.69) is 19.2 Å². The SMILES string of the molecule is CCNC(CC)c1ccc(N(CC(F)(F)F)C2CC2)cc1. The van der Waals surface area contributed by atoms with Crippen molar-refractivity contribution < 1.29 is 13.2 Å². The van der Waals surface area contributed by atoms with E-state index in [-0.39, 0.29) is 12.1 Å². The summed E-state index contributed by atoms with van der Waals surface area (Å²) in [4.78, 5) is 1.48. The van der Waals surface area contributed by atoms with Crippen LogP contribution >= 0.6 is 0 Å². The summed E-state index contributed by atoms with van der Waals surface area (Å²) in [6.07, 6.45) is -1.49. The summed E-state index contributed by atoms with van der Waals surface area (Å²) < 4.78 is 38.1. The van der Waals surface area contributed by atoms with Crippen LogP contribution in [0.25, 0.3) is 0 Å². The van der Waals surface area contributed by atoms with Crippen molar-refractivity contribution in [1.29, 1.82) is 0 Å². The van der Waals surface area contributed by atoms with Gasteiger partial charge in [-0.15, -0.1) is 0 Å². The van der Waals surface area contributed by atoms with Crippen LogP contribution in [0.4, 0.5) is 18.9 Å². The Balaban J connectivity index is 2.12. The van der Waals surface area contributed by atoms with Gasteiger partial charge in [-0.05, 0) is 43.5 Å². The number of hydrogen-bond donors (Lipinski definition) is 1. The largest absolute Gasteiger partial charge is 0.405 e. The molecule has 1 aromatic carbocycles. The molecule has 5 heteroatoms. The van der Waals surface area contributed by atoms with Gasteiger partial charge in [-0.1, -0.05) is 26.0 Å². The van der Waals surface area contributed by atoms with E-state index < -0.39 is 12.7 Å². The first-order chi connectivity index (χ1) is 9.94. The molecule has 2 rings (SSSR count). The summed E-state index contributed by atoms with van der Waals surface area (Å²) in [5, 5.41) is 3.38. The van der Waals surface area contributed by atoms with Crippen LogP contribution in [-0.4, -0.2) is 25.3 Å². The summed E-state index contributed by atoms with van der Waals surface area (Å²) in [5.74, 6) is 0. The second-order valence-electron chi connectivity index (χ2n) is 5.58. The maximum atomic E-state index is 12.7. The summed E-state index contributed by atoms with van der Waals surface area (Å²) in [6.45, 7) is 4.17. The summed E-state index contributed by atoms with van der Waals surface area (Å²) in [5.41, 5.74) is 1.80. The maximum Gasteiger partial charge on any atom is 0.405 e. The molecule has 2 nitrogen and oxygen atoms in total. The molecule has 1 saturated carbocycles. The molecule has 0 spiro atoms. The topological polar surface area (TPSA) is 15.3 Å². The Labute approximate surface area is 124 Å². The van der Waals surface area contributed by atoms with Crippen LogP contribution in [0.3, 0.4) is 0 Å². The fourth-order valence-corrected chi connectivity index (χ4v) is 2.65. The minimum atomic E-state index is -4.16. The second-order valence-corrected chi connectivity index (χ2v) is 5.58. The molecule has 1 N–H and O–H groups in total. The molecule has 1 aliphatic rings. The number of halogens is 3. The molecular formula is C16H23F3N2. The van der Waals surface area contributed by atoms with Crippen molar-refractivity contribution in [2.24, 2.45) is 0 Å². The molecule has 0 aromatic heterocycles. The predicted octanol–water partition coefficient (Wildman–Crippen LogP) is 4.28. The van der Waals surface area contributed by atoms with Crippen LogP contribution in [0.5, 0.6) is 0 Å². The van der Waals surface area contributed by atoms with E-state index in [0.29, 0.717) is 5.69 Å². The highest BCUT2D eigenvalue weighted by Gasteiger charge is 2.38. The van der Waals surface area contributed by atoms with Gasteiger partial charge in [0.2, 0.25) is 0 Å². The van der Waals surface area contributed by atoms with Gasteiger partial charge >= 0.3 is 6.18 Å². The Morgan fingerprint density at radius 1 is 1.19 bits per heavy atom. The Kier molecular flexibility index (Phi) is 5.14. The number of hydrogen-bond acceptors (Lipinski definition) is 2. The molecule has 1 unspecified atom stereocenters.